The molecule has 2 nitrogen and oxygen atoms in total. The van der Waals surface area contributed by atoms with Crippen molar-refractivity contribution < 1.29 is 0 Å². The Labute approximate surface area is 126 Å². The normalized spacial score (nSPS) is 9.76. The number of rotatable bonds is 3. The van der Waals surface area contributed by atoms with Crippen LogP contribution in [0.1, 0.15) is 5.56 Å². The van der Waals surface area contributed by atoms with E-state index in [4.69, 9.17) is 0 Å². The summed E-state index contributed by atoms with van der Waals surface area (Å²) in [6.07, 6.45) is 0. The van der Waals surface area contributed by atoms with Crippen molar-refractivity contribution in [1.29, 1.82) is 0 Å². The van der Waals surface area contributed by atoms with Crippen molar-refractivity contribution in [2.45, 2.75) is 6.92 Å². The summed E-state index contributed by atoms with van der Waals surface area (Å²) in [5, 5.41) is 3.41. The molecule has 0 amide bonds. The number of nitrogens with one attached hydrogen (secondary N) is 1. The fraction of sp³-hybridized carbons (Fsp3) is 0.0526. The van der Waals surface area contributed by atoms with Gasteiger partial charge in [-0.3, -0.25) is 0 Å². The van der Waals surface area contributed by atoms with Gasteiger partial charge in [-0.05, 0) is 42.3 Å². The number of aryl methyl sites for hydroxylation is 1. The fourth-order valence-electron chi connectivity index (χ4n) is 2.18. The van der Waals surface area contributed by atoms with E-state index in [1.165, 1.54) is 16.7 Å². The molecule has 0 saturated heterocycles. The lowest BCUT2D eigenvalue weighted by Crippen LogP contribution is -1.89. The van der Waals surface area contributed by atoms with Crippen LogP contribution in [-0.4, -0.2) is 0 Å². The summed E-state index contributed by atoms with van der Waals surface area (Å²) in [5.41, 5.74) is 5.97. The first kappa shape index (κ1) is 14.8. The molecular weight excluding hydrogens is 256 g/mol. The molecule has 0 atom stereocenters. The third-order valence-electron chi connectivity index (χ3n) is 3.33. The standard InChI is InChI=1S/C19H17N.H3N/c1-15-7-11-18(12-8-15)20-19-13-9-17(10-14-19)16-5-3-2-4-6-16;/h2-14,20H,1H3;1H3. The van der Waals surface area contributed by atoms with Crippen LogP contribution in [0.4, 0.5) is 11.4 Å². The monoisotopic (exact) mass is 276 g/mol. The highest BCUT2D eigenvalue weighted by atomic mass is 14.9. The van der Waals surface area contributed by atoms with Crippen LogP contribution in [0.2, 0.25) is 0 Å². The van der Waals surface area contributed by atoms with Gasteiger partial charge in [-0.1, -0.05) is 60.2 Å². The molecule has 4 N–H and O–H groups in total. The Kier molecular flexibility index (Phi) is 4.75. The third kappa shape index (κ3) is 3.71. The van der Waals surface area contributed by atoms with E-state index in [0.29, 0.717) is 0 Å². The minimum atomic E-state index is 0. The zero-order chi connectivity index (χ0) is 13.8. The first-order valence-electron chi connectivity index (χ1n) is 6.80. The summed E-state index contributed by atoms with van der Waals surface area (Å²) in [5.74, 6) is 0. The van der Waals surface area contributed by atoms with E-state index in [-0.39, 0.29) is 6.15 Å². The number of anilines is 2. The largest absolute Gasteiger partial charge is 0.356 e. The minimum Gasteiger partial charge on any atom is -0.356 e. The molecule has 2 heteroatoms. The van der Waals surface area contributed by atoms with Gasteiger partial charge >= 0.3 is 0 Å². The summed E-state index contributed by atoms with van der Waals surface area (Å²) in [6, 6.07) is 27.4. The van der Waals surface area contributed by atoms with Crippen LogP contribution in [0.5, 0.6) is 0 Å². The predicted octanol–water partition coefficient (Wildman–Crippen LogP) is 5.57. The van der Waals surface area contributed by atoms with E-state index < -0.39 is 0 Å². The van der Waals surface area contributed by atoms with Gasteiger partial charge < -0.3 is 11.5 Å². The highest BCUT2D eigenvalue weighted by Crippen LogP contribution is 2.23. The van der Waals surface area contributed by atoms with Gasteiger partial charge in [0, 0.05) is 11.4 Å². The lowest BCUT2D eigenvalue weighted by Gasteiger charge is -2.08. The highest BCUT2D eigenvalue weighted by Gasteiger charge is 1.98. The van der Waals surface area contributed by atoms with Gasteiger partial charge in [0.25, 0.3) is 0 Å². The van der Waals surface area contributed by atoms with Crippen LogP contribution >= 0.6 is 0 Å². The lowest BCUT2D eigenvalue weighted by molar-refractivity contribution is 1.45. The van der Waals surface area contributed by atoms with E-state index in [0.717, 1.165) is 11.4 Å². The van der Waals surface area contributed by atoms with E-state index in [9.17, 15) is 0 Å². The first-order chi connectivity index (χ1) is 9.81. The van der Waals surface area contributed by atoms with Crippen LogP contribution in [-0.2, 0) is 0 Å². The van der Waals surface area contributed by atoms with Crippen LogP contribution in [0.15, 0.2) is 78.9 Å². The number of benzene rings is 3. The maximum atomic E-state index is 3.41. The van der Waals surface area contributed by atoms with Crippen molar-refractivity contribution in [3.63, 3.8) is 0 Å². The van der Waals surface area contributed by atoms with Crippen LogP contribution < -0.4 is 11.5 Å². The molecule has 106 valence electrons. The van der Waals surface area contributed by atoms with Crippen LogP contribution in [0.3, 0.4) is 0 Å². The summed E-state index contributed by atoms with van der Waals surface area (Å²) < 4.78 is 0. The molecule has 0 aliphatic rings. The second-order valence-electron chi connectivity index (χ2n) is 4.93. The van der Waals surface area contributed by atoms with Crippen molar-refractivity contribution in [3.8, 4) is 11.1 Å². The summed E-state index contributed by atoms with van der Waals surface area (Å²) >= 11 is 0. The van der Waals surface area contributed by atoms with Crippen LogP contribution in [0, 0.1) is 6.92 Å². The molecule has 3 aromatic carbocycles. The molecule has 0 unspecified atom stereocenters. The SMILES string of the molecule is Cc1ccc(Nc2ccc(-c3ccccc3)cc2)cc1.N. The van der Waals surface area contributed by atoms with E-state index in [2.05, 4.69) is 85.0 Å². The second-order valence-corrected chi connectivity index (χ2v) is 4.93. The molecule has 21 heavy (non-hydrogen) atoms. The predicted molar refractivity (Wildman–Crippen MR) is 91.4 cm³/mol. The summed E-state index contributed by atoms with van der Waals surface area (Å²) in [7, 11) is 0. The molecule has 0 bridgehead atoms. The smallest absolute Gasteiger partial charge is 0.0384 e. The van der Waals surface area contributed by atoms with Crippen molar-refractivity contribution >= 4 is 11.4 Å². The Morgan fingerprint density at radius 1 is 0.571 bits per heavy atom. The maximum Gasteiger partial charge on any atom is 0.0384 e. The highest BCUT2D eigenvalue weighted by molar-refractivity contribution is 5.68. The van der Waals surface area contributed by atoms with Crippen molar-refractivity contribution in [1.82, 2.24) is 6.15 Å². The molecule has 0 aliphatic heterocycles. The van der Waals surface area contributed by atoms with Gasteiger partial charge in [-0.25, -0.2) is 0 Å². The first-order valence-corrected chi connectivity index (χ1v) is 6.80. The van der Waals surface area contributed by atoms with Gasteiger partial charge in [0.15, 0.2) is 0 Å². The Bertz CT molecular complexity index is 671. The van der Waals surface area contributed by atoms with Gasteiger partial charge in [0.1, 0.15) is 0 Å². The molecule has 0 spiro atoms. The van der Waals surface area contributed by atoms with Gasteiger partial charge in [-0.15, -0.1) is 0 Å². The molecular formula is C19H20N2. The van der Waals surface area contributed by atoms with Gasteiger partial charge in [0.2, 0.25) is 0 Å². The molecule has 0 aromatic heterocycles. The zero-order valence-corrected chi connectivity index (χ0v) is 12.2. The van der Waals surface area contributed by atoms with E-state index in [1.807, 2.05) is 6.07 Å². The number of hydrogen-bond acceptors (Lipinski definition) is 2. The quantitative estimate of drug-likeness (QED) is 0.657. The Morgan fingerprint density at radius 2 is 1.05 bits per heavy atom. The lowest BCUT2D eigenvalue weighted by atomic mass is 10.1. The van der Waals surface area contributed by atoms with Gasteiger partial charge in [0.05, 0.1) is 0 Å². The average molecular weight is 276 g/mol. The van der Waals surface area contributed by atoms with Crippen molar-refractivity contribution in [2.75, 3.05) is 5.32 Å². The van der Waals surface area contributed by atoms with Crippen molar-refractivity contribution in [2.24, 2.45) is 0 Å². The fourth-order valence-corrected chi connectivity index (χ4v) is 2.18. The number of hydrogen-bond donors (Lipinski definition) is 2. The van der Waals surface area contributed by atoms with E-state index in [1.54, 1.807) is 0 Å². The molecule has 3 rings (SSSR count). The topological polar surface area (TPSA) is 47.0 Å². The second kappa shape index (κ2) is 6.73. The molecule has 0 heterocycles. The molecule has 0 fully saturated rings. The summed E-state index contributed by atoms with van der Waals surface area (Å²) in [4.78, 5) is 0. The maximum absolute atomic E-state index is 3.41. The van der Waals surface area contributed by atoms with E-state index >= 15 is 0 Å². The zero-order valence-electron chi connectivity index (χ0n) is 12.2. The third-order valence-corrected chi connectivity index (χ3v) is 3.33. The molecule has 0 radical (unpaired) electrons. The molecule has 3 aromatic rings. The van der Waals surface area contributed by atoms with Crippen molar-refractivity contribution in [3.05, 3.63) is 84.4 Å². The Hall–Kier alpha value is -2.58. The Morgan fingerprint density at radius 3 is 1.62 bits per heavy atom. The minimum absolute atomic E-state index is 0. The van der Waals surface area contributed by atoms with Crippen LogP contribution in [0.25, 0.3) is 11.1 Å². The Balaban J connectivity index is 0.00000161. The summed E-state index contributed by atoms with van der Waals surface area (Å²) in [6.45, 7) is 2.10. The molecule has 0 saturated carbocycles. The average Bonchev–Trinajstić information content (AvgIpc) is 2.51. The van der Waals surface area contributed by atoms with Gasteiger partial charge in [-0.2, -0.15) is 0 Å². The molecule has 0 aliphatic carbocycles.